The van der Waals surface area contributed by atoms with E-state index in [4.69, 9.17) is 5.26 Å². The van der Waals surface area contributed by atoms with Crippen LogP contribution in [0.5, 0.6) is 0 Å². The number of aromatic nitrogens is 2. The van der Waals surface area contributed by atoms with E-state index in [0.29, 0.717) is 11.4 Å². The molecule has 1 aromatic carbocycles. The molecule has 4 nitrogen and oxygen atoms in total. The van der Waals surface area contributed by atoms with Crippen LogP contribution in [0.4, 0.5) is 0 Å². The van der Waals surface area contributed by atoms with Crippen LogP contribution in [0.1, 0.15) is 44.3 Å². The molecule has 0 aliphatic heterocycles. The highest BCUT2D eigenvalue weighted by Crippen LogP contribution is 2.25. The Morgan fingerprint density at radius 1 is 1.35 bits per heavy atom. The van der Waals surface area contributed by atoms with E-state index in [1.54, 1.807) is 19.1 Å². The lowest BCUT2D eigenvalue weighted by molar-refractivity contribution is 0.182. The second-order valence-electron chi connectivity index (χ2n) is 4.43. The minimum atomic E-state index is -0.615. The molecule has 4 heteroatoms. The Hall–Kier alpha value is -1.86. The second-order valence-corrected chi connectivity index (χ2v) is 4.43. The van der Waals surface area contributed by atoms with Crippen LogP contribution in [0.2, 0.25) is 0 Å². The molecule has 0 fully saturated rings. The number of nitrogens with zero attached hydrogens (tertiary/aromatic N) is 3. The molecule has 0 saturated carbocycles. The predicted octanol–water partition coefficient (Wildman–Crippen LogP) is 2.54. The summed E-state index contributed by atoms with van der Waals surface area (Å²) in [5.41, 5.74) is 2.30. The van der Waals surface area contributed by atoms with Gasteiger partial charge in [0, 0.05) is 6.04 Å². The first-order valence-electron chi connectivity index (χ1n) is 5.64. The van der Waals surface area contributed by atoms with Gasteiger partial charge in [-0.05, 0) is 39.0 Å². The molecule has 17 heavy (non-hydrogen) atoms. The number of aliphatic hydroxyl groups is 1. The van der Waals surface area contributed by atoms with Gasteiger partial charge in [-0.15, -0.1) is 0 Å². The second kappa shape index (κ2) is 4.19. The quantitative estimate of drug-likeness (QED) is 0.860. The molecule has 1 N–H and O–H groups in total. The van der Waals surface area contributed by atoms with Gasteiger partial charge in [0.15, 0.2) is 0 Å². The van der Waals surface area contributed by atoms with Crippen LogP contribution in [-0.2, 0) is 0 Å². The molecule has 88 valence electrons. The minimum Gasteiger partial charge on any atom is -0.385 e. The number of hydrogen-bond donors (Lipinski definition) is 1. The molecular formula is C13H15N3O. The van der Waals surface area contributed by atoms with Gasteiger partial charge in [0.1, 0.15) is 11.9 Å². The molecule has 0 aliphatic rings. The molecule has 0 amide bonds. The van der Waals surface area contributed by atoms with Crippen molar-refractivity contribution in [3.05, 3.63) is 29.6 Å². The minimum absolute atomic E-state index is 0.220. The number of aliphatic hydroxyl groups excluding tert-OH is 1. The zero-order chi connectivity index (χ0) is 12.6. The van der Waals surface area contributed by atoms with Crippen molar-refractivity contribution in [2.45, 2.75) is 32.9 Å². The Balaban J connectivity index is 2.75. The standard InChI is InChI=1S/C13H15N3O/c1-8(2)16-12-5-4-10(7-14)6-11(12)15-13(16)9(3)17/h4-6,8-9,17H,1-3H3/t9-/m1/s1. The lowest BCUT2D eigenvalue weighted by atomic mass is 10.2. The highest BCUT2D eigenvalue weighted by molar-refractivity contribution is 5.78. The fourth-order valence-corrected chi connectivity index (χ4v) is 2.02. The average molecular weight is 229 g/mol. The zero-order valence-electron chi connectivity index (χ0n) is 10.2. The topological polar surface area (TPSA) is 61.8 Å². The van der Waals surface area contributed by atoms with Crippen molar-refractivity contribution in [3.8, 4) is 6.07 Å². The smallest absolute Gasteiger partial charge is 0.138 e. The van der Waals surface area contributed by atoms with E-state index in [-0.39, 0.29) is 6.04 Å². The fraction of sp³-hybridized carbons (Fsp3) is 0.385. The molecule has 0 aliphatic carbocycles. The molecular weight excluding hydrogens is 214 g/mol. The molecule has 2 rings (SSSR count). The van der Waals surface area contributed by atoms with Crippen molar-refractivity contribution in [2.24, 2.45) is 0 Å². The van der Waals surface area contributed by atoms with Crippen molar-refractivity contribution in [2.75, 3.05) is 0 Å². The van der Waals surface area contributed by atoms with E-state index < -0.39 is 6.10 Å². The Morgan fingerprint density at radius 3 is 2.59 bits per heavy atom. The zero-order valence-corrected chi connectivity index (χ0v) is 10.2. The van der Waals surface area contributed by atoms with Crippen LogP contribution in [0, 0.1) is 11.3 Å². The molecule has 0 saturated heterocycles. The van der Waals surface area contributed by atoms with Crippen LogP contribution in [-0.4, -0.2) is 14.7 Å². The maximum Gasteiger partial charge on any atom is 0.138 e. The summed E-state index contributed by atoms with van der Waals surface area (Å²) in [7, 11) is 0. The summed E-state index contributed by atoms with van der Waals surface area (Å²) < 4.78 is 2.00. The Morgan fingerprint density at radius 2 is 2.06 bits per heavy atom. The van der Waals surface area contributed by atoms with Crippen molar-refractivity contribution >= 4 is 11.0 Å². The van der Waals surface area contributed by atoms with E-state index in [1.165, 1.54) is 0 Å². The maximum absolute atomic E-state index is 9.73. The molecule has 1 heterocycles. The predicted molar refractivity (Wildman–Crippen MR) is 65.5 cm³/mol. The van der Waals surface area contributed by atoms with Gasteiger partial charge in [0.2, 0.25) is 0 Å². The Labute approximate surface area is 100 Å². The molecule has 0 unspecified atom stereocenters. The van der Waals surface area contributed by atoms with Gasteiger partial charge in [-0.3, -0.25) is 0 Å². The Bertz CT molecular complexity index is 590. The first-order chi connectivity index (χ1) is 8.04. The summed E-state index contributed by atoms with van der Waals surface area (Å²) in [5, 5.41) is 18.6. The molecule has 2 aromatic rings. The number of fused-ring (bicyclic) bond motifs is 1. The van der Waals surface area contributed by atoms with Gasteiger partial charge >= 0.3 is 0 Å². The van der Waals surface area contributed by atoms with Gasteiger partial charge in [0.25, 0.3) is 0 Å². The maximum atomic E-state index is 9.73. The fourth-order valence-electron chi connectivity index (χ4n) is 2.02. The molecule has 0 radical (unpaired) electrons. The van der Waals surface area contributed by atoms with Gasteiger partial charge in [-0.25, -0.2) is 4.98 Å². The molecule has 1 atom stereocenters. The third-order valence-electron chi connectivity index (χ3n) is 2.74. The Kier molecular flexibility index (Phi) is 2.86. The van der Waals surface area contributed by atoms with Gasteiger partial charge in [-0.2, -0.15) is 5.26 Å². The van der Waals surface area contributed by atoms with Crippen LogP contribution >= 0.6 is 0 Å². The van der Waals surface area contributed by atoms with Crippen molar-refractivity contribution in [1.82, 2.24) is 9.55 Å². The molecule has 1 aromatic heterocycles. The third kappa shape index (κ3) is 1.90. The lowest BCUT2D eigenvalue weighted by Gasteiger charge is -2.14. The van der Waals surface area contributed by atoms with Crippen LogP contribution in [0.15, 0.2) is 18.2 Å². The summed E-state index contributed by atoms with van der Waals surface area (Å²) in [4.78, 5) is 4.40. The number of imidazole rings is 1. The van der Waals surface area contributed by atoms with Crippen molar-refractivity contribution < 1.29 is 5.11 Å². The van der Waals surface area contributed by atoms with Gasteiger partial charge < -0.3 is 9.67 Å². The summed E-state index contributed by atoms with van der Waals surface area (Å²) in [5.74, 6) is 0.644. The van der Waals surface area contributed by atoms with E-state index in [0.717, 1.165) is 11.0 Å². The third-order valence-corrected chi connectivity index (χ3v) is 2.74. The SMILES string of the molecule is CC(C)n1c([C@@H](C)O)nc2cc(C#N)ccc21. The summed E-state index contributed by atoms with van der Waals surface area (Å²) in [6, 6.07) is 7.72. The largest absolute Gasteiger partial charge is 0.385 e. The van der Waals surface area contributed by atoms with E-state index in [2.05, 4.69) is 11.1 Å². The average Bonchev–Trinajstić information content (AvgIpc) is 2.66. The van der Waals surface area contributed by atoms with Crippen LogP contribution in [0.25, 0.3) is 11.0 Å². The summed E-state index contributed by atoms with van der Waals surface area (Å²) in [6.07, 6.45) is -0.615. The molecule has 0 spiro atoms. The van der Waals surface area contributed by atoms with E-state index >= 15 is 0 Å². The van der Waals surface area contributed by atoms with Crippen LogP contribution < -0.4 is 0 Å². The highest BCUT2D eigenvalue weighted by Gasteiger charge is 2.16. The van der Waals surface area contributed by atoms with Gasteiger partial charge in [0.05, 0.1) is 22.7 Å². The summed E-state index contributed by atoms with van der Waals surface area (Å²) in [6.45, 7) is 5.79. The monoisotopic (exact) mass is 229 g/mol. The van der Waals surface area contributed by atoms with Crippen LogP contribution in [0.3, 0.4) is 0 Å². The lowest BCUT2D eigenvalue weighted by Crippen LogP contribution is -2.08. The number of benzene rings is 1. The number of nitriles is 1. The summed E-state index contributed by atoms with van der Waals surface area (Å²) >= 11 is 0. The van der Waals surface area contributed by atoms with Gasteiger partial charge in [-0.1, -0.05) is 0 Å². The number of hydrogen-bond acceptors (Lipinski definition) is 3. The van der Waals surface area contributed by atoms with E-state index in [9.17, 15) is 5.11 Å². The number of rotatable bonds is 2. The molecule has 0 bridgehead atoms. The normalized spacial score (nSPS) is 12.9. The van der Waals surface area contributed by atoms with Crippen molar-refractivity contribution in [1.29, 1.82) is 5.26 Å². The van der Waals surface area contributed by atoms with E-state index in [1.807, 2.05) is 24.5 Å². The highest BCUT2D eigenvalue weighted by atomic mass is 16.3. The first-order valence-corrected chi connectivity index (χ1v) is 5.64. The van der Waals surface area contributed by atoms with Crippen molar-refractivity contribution in [3.63, 3.8) is 0 Å². The first kappa shape index (κ1) is 11.6.